The van der Waals surface area contributed by atoms with Crippen molar-refractivity contribution >= 4 is 29.8 Å². The molecule has 0 spiro atoms. The molecule has 252 valence electrons. The molecule has 13 nitrogen and oxygen atoms in total. The third-order valence-electron chi connectivity index (χ3n) is 12.7. The molecule has 4 aliphatic carbocycles. The molecule has 2 bridgehead atoms. The van der Waals surface area contributed by atoms with Crippen molar-refractivity contribution in [2.24, 2.45) is 39.9 Å². The fraction of sp³-hybridized carbons (Fsp3) is 0.727. The Morgan fingerprint density at radius 1 is 0.957 bits per heavy atom. The van der Waals surface area contributed by atoms with E-state index in [1.807, 2.05) is 6.92 Å². The molecule has 1 aromatic heterocycles. The van der Waals surface area contributed by atoms with Gasteiger partial charge >= 0.3 is 29.8 Å². The maximum Gasteiger partial charge on any atom is 0.306 e. The monoisotopic (exact) mass is 646 g/mol. The largest absolute Gasteiger partial charge is 0.472 e. The van der Waals surface area contributed by atoms with Crippen LogP contribution in [-0.4, -0.2) is 76.7 Å². The lowest BCUT2D eigenvalue weighted by Gasteiger charge is -2.72. The van der Waals surface area contributed by atoms with E-state index in [0.717, 1.165) is 0 Å². The molecule has 2 N–H and O–H groups in total. The van der Waals surface area contributed by atoms with Crippen LogP contribution in [0.4, 0.5) is 0 Å². The third kappa shape index (κ3) is 3.96. The molecule has 5 fully saturated rings. The summed E-state index contributed by atoms with van der Waals surface area (Å²) < 4.78 is 34.3. The molecule has 0 amide bonds. The van der Waals surface area contributed by atoms with Gasteiger partial charge in [-0.1, -0.05) is 20.8 Å². The van der Waals surface area contributed by atoms with Crippen molar-refractivity contribution < 1.29 is 62.3 Å². The molecule has 46 heavy (non-hydrogen) atoms. The second-order valence-corrected chi connectivity index (χ2v) is 14.6. The number of cyclic esters (lactones) is 1. The smallest absolute Gasteiger partial charge is 0.306 e. The highest BCUT2D eigenvalue weighted by Crippen LogP contribution is 2.81. The summed E-state index contributed by atoms with van der Waals surface area (Å²) in [4.78, 5) is 64.6. The molecule has 1 aromatic rings. The van der Waals surface area contributed by atoms with Crippen molar-refractivity contribution in [3.05, 3.63) is 24.2 Å². The van der Waals surface area contributed by atoms with Gasteiger partial charge in [0.1, 0.15) is 30.0 Å². The van der Waals surface area contributed by atoms with E-state index in [4.69, 9.17) is 28.1 Å². The van der Waals surface area contributed by atoms with E-state index in [2.05, 4.69) is 0 Å². The van der Waals surface area contributed by atoms with Gasteiger partial charge in [0.05, 0.1) is 43.0 Å². The highest BCUT2D eigenvalue weighted by Gasteiger charge is 2.89. The predicted octanol–water partition coefficient (Wildman–Crippen LogP) is 2.41. The zero-order chi connectivity index (χ0) is 33.8. The average Bonchev–Trinajstić information content (AvgIpc) is 3.61. The summed E-state index contributed by atoms with van der Waals surface area (Å²) in [6.45, 7) is 9.03. The topological polar surface area (TPSA) is 185 Å². The van der Waals surface area contributed by atoms with E-state index in [1.165, 1.54) is 40.4 Å². The minimum atomic E-state index is -2.07. The Labute approximate surface area is 266 Å². The molecule has 2 heterocycles. The fourth-order valence-corrected chi connectivity index (χ4v) is 11.2. The number of ether oxygens (including phenoxy) is 5. The minimum absolute atomic E-state index is 0.0374. The first kappa shape index (κ1) is 32.5. The Bertz CT molecular complexity index is 1470. The standard InChI is InChI=1S/C33H42O13/c1-15(34)43-22-10-21-31(6)19(11-23(37)41-7)29(4)14-32(31,39)25(27(29)44-16(2)35)28(45-17(3)36)33(21,40)20-12-24(38)46-26(30(20,22)5)18-8-9-42-13-18/h8-9,13,19-22,25-28,39-40H,10-12,14H2,1-7H3/t19-,20+,21+,22-,25-,26-,27+,28+,29+,30-,31-,32-,33-/m0/s1. The van der Waals surface area contributed by atoms with Gasteiger partial charge in [-0.15, -0.1) is 0 Å². The predicted molar refractivity (Wildman–Crippen MR) is 153 cm³/mol. The molecule has 0 aromatic carbocycles. The van der Waals surface area contributed by atoms with Crippen LogP contribution < -0.4 is 0 Å². The first-order chi connectivity index (χ1) is 21.4. The number of fused-ring (bicyclic) bond motifs is 5. The SMILES string of the molecule is COC(=O)C[C@H]1[C@@]2(C)C[C@]3(O)[C@@H]([C@H]2OC(C)=O)[C@@H](OC(C)=O)[C@]2(O)[C@@H]4CC(=O)O[C@@H](c5ccoc5)[C@]4(C)[C@@H](OC(C)=O)C[C@@H]2[C@]13C. The van der Waals surface area contributed by atoms with Crippen LogP contribution in [0.15, 0.2) is 23.0 Å². The molecule has 13 heteroatoms. The van der Waals surface area contributed by atoms with E-state index < -0.39 is 105 Å². The molecule has 0 unspecified atom stereocenters. The Hall–Kier alpha value is -3.45. The van der Waals surface area contributed by atoms with E-state index in [9.17, 15) is 34.2 Å². The zero-order valence-corrected chi connectivity index (χ0v) is 27.1. The van der Waals surface area contributed by atoms with Crippen LogP contribution in [0.25, 0.3) is 0 Å². The van der Waals surface area contributed by atoms with Crippen LogP contribution in [0.5, 0.6) is 0 Å². The first-order valence-electron chi connectivity index (χ1n) is 15.6. The van der Waals surface area contributed by atoms with Gasteiger partial charge in [0.2, 0.25) is 0 Å². The summed E-state index contributed by atoms with van der Waals surface area (Å²) in [6, 6.07) is 1.62. The van der Waals surface area contributed by atoms with Crippen LogP contribution in [0, 0.1) is 39.9 Å². The number of rotatable bonds is 6. The van der Waals surface area contributed by atoms with Crippen molar-refractivity contribution in [2.75, 3.05) is 7.11 Å². The molecule has 0 radical (unpaired) electrons. The van der Waals surface area contributed by atoms with Gasteiger partial charge in [-0.3, -0.25) is 24.0 Å². The maximum atomic E-state index is 13.5. The third-order valence-corrected chi connectivity index (χ3v) is 12.7. The lowest BCUT2D eigenvalue weighted by Crippen LogP contribution is -2.82. The number of hydrogen-bond donors (Lipinski definition) is 2. The molecule has 5 aliphatic rings. The molecular formula is C33H42O13. The van der Waals surface area contributed by atoms with Crippen molar-refractivity contribution in [1.82, 2.24) is 0 Å². The second kappa shape index (κ2) is 10.3. The van der Waals surface area contributed by atoms with E-state index in [0.29, 0.717) is 5.56 Å². The molecule has 6 rings (SSSR count). The van der Waals surface area contributed by atoms with Crippen molar-refractivity contribution in [3.8, 4) is 0 Å². The number of methoxy groups -OCH3 is 1. The van der Waals surface area contributed by atoms with Gasteiger partial charge in [-0.2, -0.15) is 0 Å². The van der Waals surface area contributed by atoms with Gasteiger partial charge in [-0.25, -0.2) is 0 Å². The first-order valence-corrected chi connectivity index (χ1v) is 15.6. The quantitative estimate of drug-likeness (QED) is 0.339. The normalized spacial score (nSPS) is 46.8. The molecule has 13 atom stereocenters. The summed E-state index contributed by atoms with van der Waals surface area (Å²) >= 11 is 0. The summed E-state index contributed by atoms with van der Waals surface area (Å²) in [6.07, 6.45) is -2.21. The summed E-state index contributed by atoms with van der Waals surface area (Å²) in [7, 11) is 1.25. The summed E-state index contributed by atoms with van der Waals surface area (Å²) in [5.74, 6) is -7.12. The Morgan fingerprint density at radius 3 is 2.15 bits per heavy atom. The van der Waals surface area contributed by atoms with Gasteiger partial charge in [0.15, 0.2) is 0 Å². The van der Waals surface area contributed by atoms with E-state index in [1.54, 1.807) is 19.9 Å². The van der Waals surface area contributed by atoms with Crippen LogP contribution in [0.2, 0.25) is 0 Å². The second-order valence-electron chi connectivity index (χ2n) is 14.6. The number of carbonyl (C=O) groups is 5. The fourth-order valence-electron chi connectivity index (χ4n) is 11.2. The van der Waals surface area contributed by atoms with Crippen molar-refractivity contribution in [1.29, 1.82) is 0 Å². The van der Waals surface area contributed by atoms with Crippen LogP contribution in [-0.2, 0) is 47.7 Å². The van der Waals surface area contributed by atoms with E-state index >= 15 is 0 Å². The maximum absolute atomic E-state index is 13.5. The van der Waals surface area contributed by atoms with Crippen LogP contribution in [0.1, 0.15) is 78.9 Å². The zero-order valence-electron chi connectivity index (χ0n) is 27.1. The highest BCUT2D eigenvalue weighted by molar-refractivity contribution is 5.73. The molecular weight excluding hydrogens is 604 g/mol. The molecule has 1 aliphatic heterocycles. The van der Waals surface area contributed by atoms with Crippen molar-refractivity contribution in [2.45, 2.75) is 103 Å². The number of carbonyl (C=O) groups excluding carboxylic acids is 5. The molecule has 1 saturated heterocycles. The lowest BCUT2D eigenvalue weighted by atomic mass is 9.36. The minimum Gasteiger partial charge on any atom is -0.472 e. The van der Waals surface area contributed by atoms with Gasteiger partial charge < -0.3 is 38.3 Å². The number of hydrogen-bond acceptors (Lipinski definition) is 13. The van der Waals surface area contributed by atoms with Gasteiger partial charge in [0.25, 0.3) is 0 Å². The van der Waals surface area contributed by atoms with Crippen LogP contribution >= 0.6 is 0 Å². The Morgan fingerprint density at radius 2 is 1.59 bits per heavy atom. The van der Waals surface area contributed by atoms with Crippen molar-refractivity contribution in [3.63, 3.8) is 0 Å². The summed E-state index contributed by atoms with van der Waals surface area (Å²) in [5, 5.41) is 26.4. The van der Waals surface area contributed by atoms with Crippen LogP contribution in [0.3, 0.4) is 0 Å². The lowest BCUT2D eigenvalue weighted by molar-refractivity contribution is -0.365. The van der Waals surface area contributed by atoms with Gasteiger partial charge in [0, 0.05) is 55.4 Å². The average molecular weight is 647 g/mol. The number of esters is 5. The van der Waals surface area contributed by atoms with E-state index in [-0.39, 0.29) is 25.7 Å². The Kier molecular flexibility index (Phi) is 7.26. The van der Waals surface area contributed by atoms with Gasteiger partial charge in [-0.05, 0) is 24.8 Å². The Balaban J connectivity index is 1.64. The summed E-state index contributed by atoms with van der Waals surface area (Å²) in [5.41, 5.74) is -6.95. The molecule has 4 saturated carbocycles. The highest BCUT2D eigenvalue weighted by atomic mass is 16.6. The number of furan rings is 1. The number of aliphatic hydroxyl groups is 2.